The molecule has 1 aromatic carbocycles. The zero-order valence-corrected chi connectivity index (χ0v) is 10.6. The molecule has 1 heterocycles. The Morgan fingerprint density at radius 3 is 2.67 bits per heavy atom. The fourth-order valence-electron chi connectivity index (χ4n) is 2.05. The summed E-state index contributed by atoms with van der Waals surface area (Å²) in [6.45, 7) is 4.70. The van der Waals surface area contributed by atoms with E-state index in [-0.39, 0.29) is 5.69 Å². The molecule has 0 fully saturated rings. The molecule has 1 aromatic heterocycles. The summed E-state index contributed by atoms with van der Waals surface area (Å²) in [6, 6.07) is 4.02. The molecule has 15 heavy (non-hydrogen) atoms. The number of imidazole rings is 1. The van der Waals surface area contributed by atoms with E-state index >= 15 is 0 Å². The second-order valence-electron chi connectivity index (χ2n) is 3.68. The van der Waals surface area contributed by atoms with Gasteiger partial charge in [-0.2, -0.15) is 0 Å². The van der Waals surface area contributed by atoms with E-state index in [1.165, 1.54) is 0 Å². The van der Waals surface area contributed by atoms with Gasteiger partial charge in [-0.05, 0) is 31.5 Å². The number of rotatable bonds is 1. The van der Waals surface area contributed by atoms with Gasteiger partial charge in [0.15, 0.2) is 0 Å². The molecule has 80 valence electrons. The lowest BCUT2D eigenvalue weighted by atomic mass is 10.2. The van der Waals surface area contributed by atoms with Gasteiger partial charge in [-0.25, -0.2) is 4.79 Å². The summed E-state index contributed by atoms with van der Waals surface area (Å²) in [5.41, 5.74) is 3.18. The molecule has 0 saturated carbocycles. The van der Waals surface area contributed by atoms with Crippen molar-refractivity contribution < 1.29 is 0 Å². The van der Waals surface area contributed by atoms with Crippen molar-refractivity contribution in [2.75, 3.05) is 0 Å². The normalized spacial score (nSPS) is 11.2. The molecule has 4 heteroatoms. The maximum absolute atomic E-state index is 11.9. The van der Waals surface area contributed by atoms with E-state index in [0.717, 1.165) is 21.1 Å². The summed E-state index contributed by atoms with van der Waals surface area (Å²) < 4.78 is 4.51. The highest BCUT2D eigenvalue weighted by Crippen LogP contribution is 2.22. The van der Waals surface area contributed by atoms with E-state index in [1.54, 1.807) is 9.13 Å². The third-order valence-corrected chi connectivity index (χ3v) is 3.16. The zero-order valence-electron chi connectivity index (χ0n) is 9.04. The maximum atomic E-state index is 11.9. The van der Waals surface area contributed by atoms with Gasteiger partial charge in [0.25, 0.3) is 0 Å². The number of hydrogen-bond acceptors (Lipinski definition) is 1. The standard InChI is InChI=1S/C11H13BrN2O/c1-4-14-9-6-8(12)5-7(2)10(9)13(3)11(14)15/h5-6H,4H2,1-3H3. The Kier molecular flexibility index (Phi) is 2.46. The molecular formula is C11H13BrN2O. The molecule has 3 nitrogen and oxygen atoms in total. The zero-order chi connectivity index (χ0) is 11.2. The van der Waals surface area contributed by atoms with E-state index in [0.29, 0.717) is 6.54 Å². The minimum absolute atomic E-state index is 0.0497. The smallest absolute Gasteiger partial charge is 0.295 e. The average molecular weight is 269 g/mol. The summed E-state index contributed by atoms with van der Waals surface area (Å²) >= 11 is 3.46. The lowest BCUT2D eigenvalue weighted by molar-refractivity contribution is 0.712. The minimum atomic E-state index is 0.0497. The van der Waals surface area contributed by atoms with Gasteiger partial charge in [-0.3, -0.25) is 9.13 Å². The molecule has 0 spiro atoms. The third kappa shape index (κ3) is 1.44. The van der Waals surface area contributed by atoms with Crippen LogP contribution in [0, 0.1) is 6.92 Å². The van der Waals surface area contributed by atoms with Gasteiger partial charge in [0, 0.05) is 18.1 Å². The van der Waals surface area contributed by atoms with Crippen LogP contribution in [0.1, 0.15) is 12.5 Å². The van der Waals surface area contributed by atoms with E-state index in [9.17, 15) is 4.79 Å². The first-order valence-corrected chi connectivity index (χ1v) is 5.71. The Labute approximate surface area is 96.5 Å². The first-order chi connectivity index (χ1) is 7.06. The first kappa shape index (κ1) is 10.5. The van der Waals surface area contributed by atoms with Crippen molar-refractivity contribution in [1.29, 1.82) is 0 Å². The van der Waals surface area contributed by atoms with Crippen LogP contribution in [-0.2, 0) is 13.6 Å². The van der Waals surface area contributed by atoms with Gasteiger partial charge >= 0.3 is 5.69 Å². The Morgan fingerprint density at radius 2 is 2.07 bits per heavy atom. The van der Waals surface area contributed by atoms with E-state index in [2.05, 4.69) is 15.9 Å². The Balaban J connectivity index is 3.04. The van der Waals surface area contributed by atoms with Gasteiger partial charge in [0.05, 0.1) is 11.0 Å². The molecule has 0 aliphatic rings. The third-order valence-electron chi connectivity index (χ3n) is 2.71. The van der Waals surface area contributed by atoms with E-state index < -0.39 is 0 Å². The Bertz CT molecular complexity index is 580. The molecule has 0 bridgehead atoms. The van der Waals surface area contributed by atoms with Gasteiger partial charge in [0.2, 0.25) is 0 Å². The van der Waals surface area contributed by atoms with Crippen molar-refractivity contribution in [2.45, 2.75) is 20.4 Å². The summed E-state index contributed by atoms with van der Waals surface area (Å²) in [5.74, 6) is 0. The maximum Gasteiger partial charge on any atom is 0.328 e. The lowest BCUT2D eigenvalue weighted by Gasteiger charge is -2.01. The van der Waals surface area contributed by atoms with Crippen molar-refractivity contribution in [3.8, 4) is 0 Å². The Morgan fingerprint density at radius 1 is 1.40 bits per heavy atom. The molecule has 0 aliphatic heterocycles. The van der Waals surface area contributed by atoms with E-state index in [1.807, 2.05) is 33.0 Å². The van der Waals surface area contributed by atoms with Crippen LogP contribution in [0.15, 0.2) is 21.4 Å². The number of aryl methyl sites for hydroxylation is 3. The predicted octanol–water partition coefficient (Wildman–Crippen LogP) is 2.43. The number of benzene rings is 1. The van der Waals surface area contributed by atoms with Crippen LogP contribution >= 0.6 is 15.9 Å². The van der Waals surface area contributed by atoms with Crippen LogP contribution in [0.4, 0.5) is 0 Å². The Hall–Kier alpha value is -1.03. The van der Waals surface area contributed by atoms with Gasteiger partial charge < -0.3 is 0 Å². The average Bonchev–Trinajstić information content (AvgIpc) is 2.39. The van der Waals surface area contributed by atoms with Crippen LogP contribution in [-0.4, -0.2) is 9.13 Å². The quantitative estimate of drug-likeness (QED) is 0.781. The summed E-state index contributed by atoms with van der Waals surface area (Å²) in [7, 11) is 1.82. The van der Waals surface area contributed by atoms with E-state index in [4.69, 9.17) is 0 Å². The molecule has 2 rings (SSSR count). The SMILES string of the molecule is CCn1c(=O)n(C)c2c(C)cc(Br)cc21. The molecule has 0 atom stereocenters. The molecule has 0 amide bonds. The molecule has 0 unspecified atom stereocenters. The topological polar surface area (TPSA) is 26.9 Å². The van der Waals surface area contributed by atoms with Crippen LogP contribution in [0.3, 0.4) is 0 Å². The fraction of sp³-hybridized carbons (Fsp3) is 0.364. The number of hydrogen-bond donors (Lipinski definition) is 0. The molecule has 0 radical (unpaired) electrons. The van der Waals surface area contributed by atoms with Crippen LogP contribution in [0.2, 0.25) is 0 Å². The summed E-state index contributed by atoms with van der Waals surface area (Å²) in [4.78, 5) is 11.9. The number of halogens is 1. The second kappa shape index (κ2) is 3.52. The predicted molar refractivity (Wildman–Crippen MR) is 65.3 cm³/mol. The highest BCUT2D eigenvalue weighted by atomic mass is 79.9. The summed E-state index contributed by atoms with van der Waals surface area (Å²) in [5, 5.41) is 0. The summed E-state index contributed by atoms with van der Waals surface area (Å²) in [6.07, 6.45) is 0. The second-order valence-corrected chi connectivity index (χ2v) is 4.59. The van der Waals surface area contributed by atoms with Crippen molar-refractivity contribution in [1.82, 2.24) is 9.13 Å². The van der Waals surface area contributed by atoms with Gasteiger partial charge in [-0.1, -0.05) is 15.9 Å². The highest BCUT2D eigenvalue weighted by Gasteiger charge is 2.11. The molecular weight excluding hydrogens is 256 g/mol. The lowest BCUT2D eigenvalue weighted by Crippen LogP contribution is -2.21. The van der Waals surface area contributed by atoms with Crippen molar-refractivity contribution in [2.24, 2.45) is 7.05 Å². The molecule has 0 N–H and O–H groups in total. The fourth-order valence-corrected chi connectivity index (χ4v) is 2.61. The first-order valence-electron chi connectivity index (χ1n) is 4.91. The van der Waals surface area contributed by atoms with Crippen LogP contribution < -0.4 is 5.69 Å². The van der Waals surface area contributed by atoms with Crippen molar-refractivity contribution in [3.05, 3.63) is 32.7 Å². The molecule has 0 saturated heterocycles. The number of fused-ring (bicyclic) bond motifs is 1. The van der Waals surface area contributed by atoms with Crippen molar-refractivity contribution in [3.63, 3.8) is 0 Å². The molecule has 0 aliphatic carbocycles. The van der Waals surface area contributed by atoms with Crippen LogP contribution in [0.5, 0.6) is 0 Å². The van der Waals surface area contributed by atoms with Crippen molar-refractivity contribution >= 4 is 27.0 Å². The largest absolute Gasteiger partial charge is 0.328 e. The van der Waals surface area contributed by atoms with Crippen LogP contribution in [0.25, 0.3) is 11.0 Å². The number of aromatic nitrogens is 2. The minimum Gasteiger partial charge on any atom is -0.295 e. The van der Waals surface area contributed by atoms with Gasteiger partial charge in [0.1, 0.15) is 0 Å². The molecule has 2 aromatic rings. The van der Waals surface area contributed by atoms with Gasteiger partial charge in [-0.15, -0.1) is 0 Å². The number of nitrogens with zero attached hydrogens (tertiary/aromatic N) is 2. The monoisotopic (exact) mass is 268 g/mol. The highest BCUT2D eigenvalue weighted by molar-refractivity contribution is 9.10.